The topological polar surface area (TPSA) is 138 Å². The molecule has 1 aromatic rings. The molecule has 5 N–H and O–H groups in total. The highest BCUT2D eigenvalue weighted by atomic mass is 32.2. The average Bonchev–Trinajstić information content (AvgIpc) is 2.18. The molecule has 0 amide bonds. The number of phenols is 1. The highest BCUT2D eigenvalue weighted by molar-refractivity contribution is 7.85. The summed E-state index contributed by atoms with van der Waals surface area (Å²) in [6.45, 7) is 0. The molecule has 102 valence electrons. The van der Waals surface area contributed by atoms with Gasteiger partial charge in [-0.3, -0.25) is 9.35 Å². The normalized spacial score (nSPS) is 12.2. The van der Waals surface area contributed by atoms with Gasteiger partial charge in [-0.1, -0.05) is 12.1 Å². The maximum atomic E-state index is 10.4. The predicted octanol–water partition coefficient (Wildman–Crippen LogP) is -0.149. The lowest BCUT2D eigenvalue weighted by Crippen LogP contribution is -2.32. The van der Waals surface area contributed by atoms with Crippen molar-refractivity contribution in [2.45, 2.75) is 12.5 Å². The molecule has 0 heterocycles. The van der Waals surface area contributed by atoms with Crippen LogP contribution in [0.25, 0.3) is 0 Å². The van der Waals surface area contributed by atoms with Gasteiger partial charge in [0.25, 0.3) is 10.1 Å². The Bertz CT molecular complexity index is 474. The van der Waals surface area contributed by atoms with E-state index in [0.717, 1.165) is 5.56 Å². The van der Waals surface area contributed by atoms with Gasteiger partial charge in [0.15, 0.2) is 0 Å². The van der Waals surface area contributed by atoms with Gasteiger partial charge in [0.2, 0.25) is 0 Å². The van der Waals surface area contributed by atoms with Crippen molar-refractivity contribution >= 4 is 16.1 Å². The fraction of sp³-hybridized carbons (Fsp3) is 0.300. The lowest BCUT2D eigenvalue weighted by Gasteiger charge is -2.05. The molecule has 0 radical (unpaired) electrons. The standard InChI is InChI=1S/C9H11NO3.CH4O3S/c10-8(9(12)13)5-6-1-3-7(11)4-2-6;1-5(2,3)4/h1-4,8,11H,5,10H2,(H,12,13);1H3,(H,2,3,4)/t8-;/m0./s1. The van der Waals surface area contributed by atoms with E-state index < -0.39 is 22.1 Å². The van der Waals surface area contributed by atoms with Gasteiger partial charge in [-0.2, -0.15) is 8.42 Å². The summed E-state index contributed by atoms with van der Waals surface area (Å²) in [7, 11) is -3.67. The van der Waals surface area contributed by atoms with Gasteiger partial charge in [-0.25, -0.2) is 0 Å². The number of rotatable bonds is 3. The van der Waals surface area contributed by atoms with Gasteiger partial charge in [0, 0.05) is 0 Å². The molecule has 0 aliphatic carbocycles. The van der Waals surface area contributed by atoms with Gasteiger partial charge in [0.1, 0.15) is 11.8 Å². The van der Waals surface area contributed by atoms with Crippen LogP contribution in [-0.2, 0) is 21.3 Å². The summed E-state index contributed by atoms with van der Waals surface area (Å²) in [5.41, 5.74) is 6.12. The van der Waals surface area contributed by atoms with E-state index in [-0.39, 0.29) is 12.2 Å². The maximum Gasteiger partial charge on any atom is 0.320 e. The van der Waals surface area contributed by atoms with Crippen LogP contribution in [0.3, 0.4) is 0 Å². The third kappa shape index (κ3) is 9.58. The molecular formula is C10H15NO6S. The number of carboxylic acids is 1. The average molecular weight is 277 g/mol. The van der Waals surface area contributed by atoms with E-state index in [2.05, 4.69) is 0 Å². The Labute approximate surface area is 105 Å². The van der Waals surface area contributed by atoms with Crippen molar-refractivity contribution in [2.75, 3.05) is 6.26 Å². The van der Waals surface area contributed by atoms with Crippen molar-refractivity contribution in [1.29, 1.82) is 0 Å². The molecule has 7 nitrogen and oxygen atoms in total. The highest BCUT2D eigenvalue weighted by Gasteiger charge is 2.11. The number of aromatic hydroxyl groups is 1. The third-order valence-electron chi connectivity index (χ3n) is 1.71. The third-order valence-corrected chi connectivity index (χ3v) is 1.71. The molecule has 0 aliphatic rings. The van der Waals surface area contributed by atoms with E-state index in [4.69, 9.17) is 20.5 Å². The van der Waals surface area contributed by atoms with Crippen LogP contribution in [0.15, 0.2) is 24.3 Å². The number of aliphatic carboxylic acids is 1. The molecule has 0 fully saturated rings. The molecular weight excluding hydrogens is 262 g/mol. The number of carboxylic acid groups (broad SMARTS) is 1. The highest BCUT2D eigenvalue weighted by Crippen LogP contribution is 2.10. The van der Waals surface area contributed by atoms with E-state index in [1.54, 1.807) is 12.1 Å². The molecule has 0 saturated heterocycles. The predicted molar refractivity (Wildman–Crippen MR) is 64.9 cm³/mol. The Hall–Kier alpha value is -1.64. The fourth-order valence-electron chi connectivity index (χ4n) is 0.973. The second-order valence-electron chi connectivity index (χ2n) is 3.55. The number of benzene rings is 1. The molecule has 1 rings (SSSR count). The Morgan fingerprint density at radius 3 is 2.06 bits per heavy atom. The molecule has 18 heavy (non-hydrogen) atoms. The van der Waals surface area contributed by atoms with Gasteiger partial charge < -0.3 is 15.9 Å². The summed E-state index contributed by atoms with van der Waals surface area (Å²) in [4.78, 5) is 10.4. The summed E-state index contributed by atoms with van der Waals surface area (Å²) < 4.78 is 25.9. The fourth-order valence-corrected chi connectivity index (χ4v) is 0.973. The van der Waals surface area contributed by atoms with E-state index >= 15 is 0 Å². The van der Waals surface area contributed by atoms with Crippen molar-refractivity contribution < 1.29 is 28.0 Å². The van der Waals surface area contributed by atoms with Crippen LogP contribution in [0, 0.1) is 0 Å². The Balaban J connectivity index is 0.000000494. The molecule has 1 atom stereocenters. The first-order chi connectivity index (χ1) is 8.09. The van der Waals surface area contributed by atoms with Crippen molar-refractivity contribution in [3.05, 3.63) is 29.8 Å². The first-order valence-electron chi connectivity index (χ1n) is 4.78. The first-order valence-corrected chi connectivity index (χ1v) is 6.63. The van der Waals surface area contributed by atoms with Crippen LogP contribution in [0.4, 0.5) is 0 Å². The first kappa shape index (κ1) is 16.4. The van der Waals surface area contributed by atoms with E-state index in [0.29, 0.717) is 6.26 Å². The summed E-state index contributed by atoms with van der Waals surface area (Å²) in [6, 6.07) is 5.42. The summed E-state index contributed by atoms with van der Waals surface area (Å²) >= 11 is 0. The Morgan fingerprint density at radius 2 is 1.72 bits per heavy atom. The molecule has 0 spiro atoms. The molecule has 0 aliphatic heterocycles. The lowest BCUT2D eigenvalue weighted by molar-refractivity contribution is -0.138. The van der Waals surface area contributed by atoms with E-state index in [9.17, 15) is 13.2 Å². The quantitative estimate of drug-likeness (QED) is 0.563. The van der Waals surface area contributed by atoms with Crippen molar-refractivity contribution in [2.24, 2.45) is 5.73 Å². The van der Waals surface area contributed by atoms with Crippen LogP contribution in [0.1, 0.15) is 5.56 Å². The molecule has 1 aromatic carbocycles. The van der Waals surface area contributed by atoms with Crippen LogP contribution in [-0.4, -0.2) is 41.5 Å². The van der Waals surface area contributed by atoms with Gasteiger partial charge in [-0.05, 0) is 24.1 Å². The van der Waals surface area contributed by atoms with Crippen molar-refractivity contribution in [3.8, 4) is 5.75 Å². The summed E-state index contributed by atoms with van der Waals surface area (Å²) in [6.07, 6.45) is 0.989. The van der Waals surface area contributed by atoms with Gasteiger partial charge >= 0.3 is 5.97 Å². The SMILES string of the molecule is CS(=O)(=O)O.N[C@@H](Cc1ccc(O)cc1)C(=O)O. The number of phenolic OH excluding ortho intramolecular Hbond substituents is 1. The molecule has 0 unspecified atom stereocenters. The monoisotopic (exact) mass is 277 g/mol. The lowest BCUT2D eigenvalue weighted by atomic mass is 10.1. The summed E-state index contributed by atoms with van der Waals surface area (Å²) in [5.74, 6) is -0.860. The zero-order chi connectivity index (χ0) is 14.3. The largest absolute Gasteiger partial charge is 0.508 e. The van der Waals surface area contributed by atoms with Crippen LogP contribution in [0.2, 0.25) is 0 Å². The molecule has 0 bridgehead atoms. The molecule has 0 saturated carbocycles. The van der Waals surface area contributed by atoms with E-state index in [1.807, 2.05) is 0 Å². The number of nitrogens with two attached hydrogens (primary N) is 1. The van der Waals surface area contributed by atoms with E-state index in [1.165, 1.54) is 12.1 Å². The second kappa shape index (κ2) is 6.94. The molecule has 8 heteroatoms. The number of hydrogen-bond donors (Lipinski definition) is 4. The molecule has 0 aromatic heterocycles. The number of carbonyl (C=O) groups is 1. The second-order valence-corrected chi connectivity index (χ2v) is 5.01. The van der Waals surface area contributed by atoms with Gasteiger partial charge in [0.05, 0.1) is 6.26 Å². The summed E-state index contributed by atoms with van der Waals surface area (Å²) in [5, 5.41) is 17.5. The van der Waals surface area contributed by atoms with Crippen LogP contribution >= 0.6 is 0 Å². The zero-order valence-electron chi connectivity index (χ0n) is 9.65. The smallest absolute Gasteiger partial charge is 0.320 e. The minimum absolute atomic E-state index is 0.160. The van der Waals surface area contributed by atoms with Crippen molar-refractivity contribution in [3.63, 3.8) is 0 Å². The maximum absolute atomic E-state index is 10.4. The minimum Gasteiger partial charge on any atom is -0.508 e. The van der Waals surface area contributed by atoms with Gasteiger partial charge in [-0.15, -0.1) is 0 Å². The zero-order valence-corrected chi connectivity index (χ0v) is 10.5. The Kier molecular flexibility index (Phi) is 6.31. The minimum atomic E-state index is -3.67. The van der Waals surface area contributed by atoms with Crippen LogP contribution < -0.4 is 5.73 Å². The van der Waals surface area contributed by atoms with Crippen molar-refractivity contribution in [1.82, 2.24) is 0 Å². The Morgan fingerprint density at radius 1 is 1.33 bits per heavy atom. The number of hydrogen-bond acceptors (Lipinski definition) is 5. The van der Waals surface area contributed by atoms with Crippen LogP contribution in [0.5, 0.6) is 5.75 Å².